The second-order valence-electron chi connectivity index (χ2n) is 7.40. The maximum Gasteiger partial charge on any atom is 0.255 e. The molecule has 0 aliphatic rings. The summed E-state index contributed by atoms with van der Waals surface area (Å²) in [7, 11) is 1.97. The Morgan fingerprint density at radius 2 is 1.77 bits per heavy atom. The Bertz CT molecular complexity index is 1260. The molecule has 3 aromatic carbocycles. The van der Waals surface area contributed by atoms with Gasteiger partial charge in [0.15, 0.2) is 0 Å². The highest BCUT2D eigenvalue weighted by Crippen LogP contribution is 2.20. The summed E-state index contributed by atoms with van der Waals surface area (Å²) in [4.78, 5) is 24.8. The molecule has 0 spiro atoms. The Balaban J connectivity index is 1.37. The fraction of sp³-hybridized carbons (Fsp3) is 0.120. The lowest BCUT2D eigenvalue weighted by Gasteiger charge is -2.09. The van der Waals surface area contributed by atoms with Crippen molar-refractivity contribution < 1.29 is 14.0 Å². The number of aromatic nitrogens is 1. The first-order chi connectivity index (χ1) is 15.0. The summed E-state index contributed by atoms with van der Waals surface area (Å²) in [6, 6.07) is 20.7. The summed E-state index contributed by atoms with van der Waals surface area (Å²) >= 11 is 0. The van der Waals surface area contributed by atoms with E-state index in [0.29, 0.717) is 12.2 Å². The minimum Gasteiger partial charge on any atom is -0.352 e. The number of halogens is 1. The number of carbonyl (C=O) groups excluding carboxylic acids is 2. The van der Waals surface area contributed by atoms with Gasteiger partial charge in [0.25, 0.3) is 5.91 Å². The Hall–Kier alpha value is -3.93. The number of rotatable bonds is 6. The molecule has 0 bridgehead atoms. The van der Waals surface area contributed by atoms with Gasteiger partial charge in [0, 0.05) is 41.9 Å². The maximum atomic E-state index is 13.3. The molecule has 156 valence electrons. The standard InChI is InChI=1S/C25H22FN3O2/c1-29-16-19(22-10-2-3-11-23(22)29)14-24(30)27-15-17-6-4-9-21(12-17)28-25(31)18-7-5-8-20(26)13-18/h2-13,16H,14-15H2,1H3,(H,27,30)(H,28,31). The van der Waals surface area contributed by atoms with Gasteiger partial charge in [-0.3, -0.25) is 9.59 Å². The molecule has 0 aliphatic carbocycles. The van der Waals surface area contributed by atoms with Crippen LogP contribution in [-0.4, -0.2) is 16.4 Å². The van der Waals surface area contributed by atoms with E-state index < -0.39 is 11.7 Å². The summed E-state index contributed by atoms with van der Waals surface area (Å²) in [6.45, 7) is 0.341. The number of carbonyl (C=O) groups is 2. The predicted octanol–water partition coefficient (Wildman–Crippen LogP) is 4.43. The van der Waals surface area contributed by atoms with Crippen molar-refractivity contribution in [2.45, 2.75) is 13.0 Å². The molecule has 1 aromatic heterocycles. The van der Waals surface area contributed by atoms with Gasteiger partial charge < -0.3 is 15.2 Å². The number of anilines is 1. The number of aryl methyl sites for hydroxylation is 1. The molecule has 0 radical (unpaired) electrons. The quantitative estimate of drug-likeness (QED) is 0.489. The SMILES string of the molecule is Cn1cc(CC(=O)NCc2cccc(NC(=O)c3cccc(F)c3)c2)c2ccccc21. The van der Waals surface area contributed by atoms with E-state index in [9.17, 15) is 14.0 Å². The van der Waals surface area contributed by atoms with Gasteiger partial charge in [-0.15, -0.1) is 0 Å². The van der Waals surface area contributed by atoms with Crippen LogP contribution in [0.2, 0.25) is 0 Å². The van der Waals surface area contributed by atoms with Crippen molar-refractivity contribution in [1.82, 2.24) is 9.88 Å². The average Bonchev–Trinajstić information content (AvgIpc) is 3.08. The first-order valence-corrected chi connectivity index (χ1v) is 9.95. The minimum absolute atomic E-state index is 0.0782. The van der Waals surface area contributed by atoms with Crippen LogP contribution in [0.5, 0.6) is 0 Å². The zero-order chi connectivity index (χ0) is 21.8. The highest BCUT2D eigenvalue weighted by atomic mass is 19.1. The molecular weight excluding hydrogens is 393 g/mol. The summed E-state index contributed by atoms with van der Waals surface area (Å²) < 4.78 is 15.3. The van der Waals surface area contributed by atoms with Crippen LogP contribution in [0.3, 0.4) is 0 Å². The summed E-state index contributed by atoms with van der Waals surface area (Å²) in [5.41, 5.74) is 3.74. The molecule has 1 heterocycles. The van der Waals surface area contributed by atoms with Gasteiger partial charge in [-0.25, -0.2) is 4.39 Å². The number of para-hydroxylation sites is 1. The maximum absolute atomic E-state index is 13.3. The Kier molecular flexibility index (Phi) is 5.80. The highest BCUT2D eigenvalue weighted by Gasteiger charge is 2.11. The average molecular weight is 415 g/mol. The molecule has 2 amide bonds. The second kappa shape index (κ2) is 8.83. The Morgan fingerprint density at radius 3 is 2.61 bits per heavy atom. The first-order valence-electron chi connectivity index (χ1n) is 9.95. The smallest absolute Gasteiger partial charge is 0.255 e. The molecule has 0 saturated heterocycles. The van der Waals surface area contributed by atoms with E-state index in [-0.39, 0.29) is 17.9 Å². The van der Waals surface area contributed by atoms with Gasteiger partial charge >= 0.3 is 0 Å². The fourth-order valence-electron chi connectivity index (χ4n) is 3.59. The third-order valence-electron chi connectivity index (χ3n) is 5.09. The van der Waals surface area contributed by atoms with Crippen LogP contribution < -0.4 is 10.6 Å². The van der Waals surface area contributed by atoms with Crippen molar-refractivity contribution in [3.63, 3.8) is 0 Å². The molecule has 0 unspecified atom stereocenters. The molecule has 0 atom stereocenters. The molecule has 0 aliphatic heterocycles. The van der Waals surface area contributed by atoms with Crippen molar-refractivity contribution in [2.24, 2.45) is 7.05 Å². The molecule has 31 heavy (non-hydrogen) atoms. The fourth-order valence-corrected chi connectivity index (χ4v) is 3.59. The number of benzene rings is 3. The normalized spacial score (nSPS) is 10.8. The van der Waals surface area contributed by atoms with Crippen molar-refractivity contribution in [2.75, 3.05) is 5.32 Å². The van der Waals surface area contributed by atoms with Crippen LogP contribution >= 0.6 is 0 Å². The van der Waals surface area contributed by atoms with Crippen LogP contribution in [0.1, 0.15) is 21.5 Å². The lowest BCUT2D eigenvalue weighted by atomic mass is 10.1. The molecular formula is C25H22FN3O2. The Labute approximate surface area is 179 Å². The number of fused-ring (bicyclic) bond motifs is 1. The zero-order valence-electron chi connectivity index (χ0n) is 17.1. The van der Waals surface area contributed by atoms with Crippen LogP contribution in [0.15, 0.2) is 79.0 Å². The first kappa shape index (κ1) is 20.3. The molecule has 0 fully saturated rings. The molecule has 2 N–H and O–H groups in total. The number of hydrogen-bond acceptors (Lipinski definition) is 2. The molecule has 5 nitrogen and oxygen atoms in total. The van der Waals surface area contributed by atoms with E-state index in [1.54, 1.807) is 24.3 Å². The zero-order valence-corrected chi connectivity index (χ0v) is 17.1. The molecule has 6 heteroatoms. The van der Waals surface area contributed by atoms with E-state index >= 15 is 0 Å². The van der Waals surface area contributed by atoms with E-state index in [1.807, 2.05) is 48.1 Å². The summed E-state index contributed by atoms with van der Waals surface area (Å²) in [6.07, 6.45) is 2.27. The largest absolute Gasteiger partial charge is 0.352 e. The molecule has 4 rings (SSSR count). The van der Waals surface area contributed by atoms with Crippen molar-refractivity contribution >= 4 is 28.4 Å². The minimum atomic E-state index is -0.463. The van der Waals surface area contributed by atoms with Crippen LogP contribution in [0, 0.1) is 5.82 Å². The van der Waals surface area contributed by atoms with Gasteiger partial charge in [-0.05, 0) is 47.5 Å². The van der Waals surface area contributed by atoms with E-state index in [2.05, 4.69) is 10.6 Å². The topological polar surface area (TPSA) is 63.1 Å². The van der Waals surface area contributed by atoms with Gasteiger partial charge in [0.2, 0.25) is 5.91 Å². The lowest BCUT2D eigenvalue weighted by molar-refractivity contribution is -0.120. The molecule has 0 saturated carbocycles. The lowest BCUT2D eigenvalue weighted by Crippen LogP contribution is -2.24. The number of amides is 2. The van der Waals surface area contributed by atoms with Gasteiger partial charge in [0.1, 0.15) is 5.82 Å². The number of nitrogens with one attached hydrogen (secondary N) is 2. The monoisotopic (exact) mass is 415 g/mol. The number of hydrogen-bond donors (Lipinski definition) is 2. The third-order valence-corrected chi connectivity index (χ3v) is 5.09. The van der Waals surface area contributed by atoms with Gasteiger partial charge in [-0.1, -0.05) is 36.4 Å². The number of nitrogens with zero attached hydrogens (tertiary/aromatic N) is 1. The summed E-state index contributed by atoms with van der Waals surface area (Å²) in [5, 5.41) is 6.76. The third kappa shape index (κ3) is 4.80. The van der Waals surface area contributed by atoms with Crippen LogP contribution in [0.4, 0.5) is 10.1 Å². The van der Waals surface area contributed by atoms with E-state index in [0.717, 1.165) is 22.0 Å². The van der Waals surface area contributed by atoms with Crippen LogP contribution in [0.25, 0.3) is 10.9 Å². The summed E-state index contributed by atoms with van der Waals surface area (Å²) in [5.74, 6) is -0.933. The second-order valence-corrected chi connectivity index (χ2v) is 7.40. The van der Waals surface area contributed by atoms with Crippen molar-refractivity contribution in [3.8, 4) is 0 Å². The van der Waals surface area contributed by atoms with E-state index in [1.165, 1.54) is 18.2 Å². The highest BCUT2D eigenvalue weighted by molar-refractivity contribution is 6.04. The van der Waals surface area contributed by atoms with Gasteiger partial charge in [-0.2, -0.15) is 0 Å². The predicted molar refractivity (Wildman–Crippen MR) is 119 cm³/mol. The Morgan fingerprint density at radius 1 is 0.968 bits per heavy atom. The van der Waals surface area contributed by atoms with Gasteiger partial charge in [0.05, 0.1) is 6.42 Å². The molecule has 4 aromatic rings. The van der Waals surface area contributed by atoms with Crippen molar-refractivity contribution in [3.05, 3.63) is 102 Å². The van der Waals surface area contributed by atoms with Crippen LogP contribution in [-0.2, 0) is 24.8 Å². The van der Waals surface area contributed by atoms with Crippen molar-refractivity contribution in [1.29, 1.82) is 0 Å². The van der Waals surface area contributed by atoms with E-state index in [4.69, 9.17) is 0 Å².